The highest BCUT2D eigenvalue weighted by Crippen LogP contribution is 2.29. The Morgan fingerprint density at radius 2 is 1.77 bits per heavy atom. The van der Waals surface area contributed by atoms with Crippen molar-refractivity contribution in [2.24, 2.45) is 17.4 Å². The van der Waals surface area contributed by atoms with Crippen molar-refractivity contribution in [2.75, 3.05) is 13.1 Å². The molecule has 1 aromatic rings. The molecule has 0 spiro atoms. The molecule has 5 heteroatoms. The monoisotopic (exact) mass is 310 g/mol. The van der Waals surface area contributed by atoms with Crippen LogP contribution in [0.3, 0.4) is 0 Å². The van der Waals surface area contributed by atoms with E-state index in [1.807, 2.05) is 12.1 Å². The van der Waals surface area contributed by atoms with Gasteiger partial charge in [-0.1, -0.05) is 25.5 Å². The second-order valence-corrected chi connectivity index (χ2v) is 5.72. The molecule has 0 saturated carbocycles. The molecule has 0 heterocycles. The number of benzene rings is 1. The van der Waals surface area contributed by atoms with Crippen LogP contribution in [0, 0.1) is 5.92 Å². The Hall–Kier alpha value is -1.14. The Kier molecular flexibility index (Phi) is 8.42. The second kappa shape index (κ2) is 9.79. The standard InChI is InChI=1S/C17H30N2O3/c1-3-13(5-4-10-18)17(21)16(11-19)14-6-8-15(9-7-14)22-12(2)20/h6-9,12-13,16-17,20-21H,3-5,10-11,18-19H2,1-2H3. The average molecular weight is 310 g/mol. The van der Waals surface area contributed by atoms with E-state index in [1.165, 1.54) is 0 Å². The zero-order chi connectivity index (χ0) is 16.5. The van der Waals surface area contributed by atoms with E-state index in [9.17, 15) is 10.2 Å². The zero-order valence-electron chi connectivity index (χ0n) is 13.6. The summed E-state index contributed by atoms with van der Waals surface area (Å²) in [6, 6.07) is 7.37. The summed E-state index contributed by atoms with van der Waals surface area (Å²) in [5.74, 6) is 0.688. The van der Waals surface area contributed by atoms with Crippen LogP contribution < -0.4 is 16.2 Å². The number of nitrogens with two attached hydrogens (primary N) is 2. The van der Waals surface area contributed by atoms with E-state index in [0.717, 1.165) is 24.8 Å². The van der Waals surface area contributed by atoms with Crippen LogP contribution in [0.4, 0.5) is 0 Å². The number of aliphatic hydroxyl groups excluding tert-OH is 2. The van der Waals surface area contributed by atoms with Crippen LogP contribution in [0.15, 0.2) is 24.3 Å². The van der Waals surface area contributed by atoms with E-state index < -0.39 is 12.4 Å². The van der Waals surface area contributed by atoms with Crippen molar-refractivity contribution in [3.8, 4) is 5.75 Å². The summed E-state index contributed by atoms with van der Waals surface area (Å²) < 4.78 is 5.21. The molecule has 0 fully saturated rings. The van der Waals surface area contributed by atoms with Gasteiger partial charge in [-0.15, -0.1) is 0 Å². The zero-order valence-corrected chi connectivity index (χ0v) is 13.6. The Labute approximate surface area is 133 Å². The van der Waals surface area contributed by atoms with Crippen molar-refractivity contribution in [2.45, 2.75) is 51.4 Å². The Morgan fingerprint density at radius 3 is 2.23 bits per heavy atom. The maximum absolute atomic E-state index is 10.7. The fourth-order valence-corrected chi connectivity index (χ4v) is 2.79. The van der Waals surface area contributed by atoms with Crippen LogP contribution in [-0.2, 0) is 0 Å². The van der Waals surface area contributed by atoms with Crippen molar-refractivity contribution in [3.63, 3.8) is 0 Å². The summed E-state index contributed by atoms with van der Waals surface area (Å²) in [5.41, 5.74) is 12.4. The van der Waals surface area contributed by atoms with Gasteiger partial charge in [0.15, 0.2) is 6.29 Å². The van der Waals surface area contributed by atoms with Crippen molar-refractivity contribution in [3.05, 3.63) is 29.8 Å². The number of hydrogen-bond acceptors (Lipinski definition) is 5. The lowest BCUT2D eigenvalue weighted by atomic mass is 9.82. The lowest BCUT2D eigenvalue weighted by molar-refractivity contribution is -0.000347. The minimum absolute atomic E-state index is 0.108. The molecule has 0 amide bonds. The molecule has 0 saturated heterocycles. The topological polar surface area (TPSA) is 102 Å². The Balaban J connectivity index is 2.80. The second-order valence-electron chi connectivity index (χ2n) is 5.72. The van der Waals surface area contributed by atoms with Gasteiger partial charge in [0, 0.05) is 12.5 Å². The molecule has 0 aliphatic rings. The lowest BCUT2D eigenvalue weighted by Crippen LogP contribution is -2.32. The first-order valence-corrected chi connectivity index (χ1v) is 8.06. The minimum atomic E-state index is -0.845. The molecule has 5 nitrogen and oxygen atoms in total. The molecule has 0 aliphatic carbocycles. The van der Waals surface area contributed by atoms with Crippen molar-refractivity contribution < 1.29 is 14.9 Å². The highest BCUT2D eigenvalue weighted by atomic mass is 16.6. The first-order chi connectivity index (χ1) is 10.5. The Bertz CT molecular complexity index is 409. The summed E-state index contributed by atoms with van der Waals surface area (Å²) in [7, 11) is 0. The summed E-state index contributed by atoms with van der Waals surface area (Å²) in [5, 5.41) is 19.9. The SMILES string of the molecule is CCC(CCCN)C(O)C(CN)c1ccc(OC(C)O)cc1. The molecular formula is C17H30N2O3. The fourth-order valence-electron chi connectivity index (χ4n) is 2.79. The van der Waals surface area contributed by atoms with Gasteiger partial charge < -0.3 is 26.4 Å². The van der Waals surface area contributed by atoms with Crippen LogP contribution in [0.1, 0.15) is 44.6 Å². The van der Waals surface area contributed by atoms with Gasteiger partial charge in [0.25, 0.3) is 0 Å². The van der Waals surface area contributed by atoms with Gasteiger partial charge in [-0.2, -0.15) is 0 Å². The molecule has 126 valence electrons. The molecule has 22 heavy (non-hydrogen) atoms. The summed E-state index contributed by atoms with van der Waals surface area (Å²) in [4.78, 5) is 0. The van der Waals surface area contributed by atoms with Crippen LogP contribution in [0.25, 0.3) is 0 Å². The van der Waals surface area contributed by atoms with Crippen LogP contribution >= 0.6 is 0 Å². The van der Waals surface area contributed by atoms with E-state index >= 15 is 0 Å². The molecular weight excluding hydrogens is 280 g/mol. The third kappa shape index (κ3) is 5.57. The first-order valence-electron chi connectivity index (χ1n) is 8.06. The van der Waals surface area contributed by atoms with E-state index in [4.69, 9.17) is 16.2 Å². The Morgan fingerprint density at radius 1 is 1.14 bits per heavy atom. The molecule has 4 unspecified atom stereocenters. The average Bonchev–Trinajstić information content (AvgIpc) is 2.50. The highest BCUT2D eigenvalue weighted by molar-refractivity contribution is 5.30. The highest BCUT2D eigenvalue weighted by Gasteiger charge is 2.26. The van der Waals surface area contributed by atoms with Crippen LogP contribution in [-0.4, -0.2) is 35.7 Å². The molecule has 6 N–H and O–H groups in total. The molecule has 1 rings (SSSR count). The normalized spacial score (nSPS) is 16.8. The molecule has 0 bridgehead atoms. The molecule has 1 aromatic carbocycles. The number of rotatable bonds is 10. The fraction of sp³-hybridized carbons (Fsp3) is 0.647. The van der Waals surface area contributed by atoms with E-state index in [0.29, 0.717) is 18.8 Å². The van der Waals surface area contributed by atoms with Gasteiger partial charge in [-0.3, -0.25) is 0 Å². The first kappa shape index (κ1) is 18.9. The van der Waals surface area contributed by atoms with Gasteiger partial charge >= 0.3 is 0 Å². The van der Waals surface area contributed by atoms with Gasteiger partial charge in [0.1, 0.15) is 5.75 Å². The minimum Gasteiger partial charge on any atom is -0.465 e. The maximum atomic E-state index is 10.7. The van der Waals surface area contributed by atoms with Gasteiger partial charge in [0.2, 0.25) is 0 Å². The van der Waals surface area contributed by atoms with Gasteiger partial charge in [-0.25, -0.2) is 0 Å². The van der Waals surface area contributed by atoms with E-state index in [-0.39, 0.29) is 11.8 Å². The summed E-state index contributed by atoms with van der Waals surface area (Å²) >= 11 is 0. The van der Waals surface area contributed by atoms with Crippen molar-refractivity contribution >= 4 is 0 Å². The van der Waals surface area contributed by atoms with Crippen molar-refractivity contribution in [1.29, 1.82) is 0 Å². The quantitative estimate of drug-likeness (QED) is 0.491. The largest absolute Gasteiger partial charge is 0.465 e. The summed E-state index contributed by atoms with van der Waals surface area (Å²) in [6.45, 7) is 4.67. The molecule has 0 radical (unpaired) electrons. The van der Waals surface area contributed by atoms with Gasteiger partial charge in [-0.05, 0) is 49.9 Å². The lowest BCUT2D eigenvalue weighted by Gasteiger charge is -2.29. The molecule has 4 atom stereocenters. The smallest absolute Gasteiger partial charge is 0.194 e. The molecule has 0 aliphatic heterocycles. The third-order valence-electron chi connectivity index (χ3n) is 4.07. The predicted molar refractivity (Wildman–Crippen MR) is 88.6 cm³/mol. The van der Waals surface area contributed by atoms with E-state index in [1.54, 1.807) is 19.1 Å². The van der Waals surface area contributed by atoms with Gasteiger partial charge in [0.05, 0.1) is 6.10 Å². The maximum Gasteiger partial charge on any atom is 0.194 e. The number of ether oxygens (including phenoxy) is 1. The van der Waals surface area contributed by atoms with E-state index in [2.05, 4.69) is 6.92 Å². The van der Waals surface area contributed by atoms with Crippen molar-refractivity contribution in [1.82, 2.24) is 0 Å². The molecule has 0 aromatic heterocycles. The predicted octanol–water partition coefficient (Wildman–Crippen LogP) is 1.57. The van der Waals surface area contributed by atoms with Crippen LogP contribution in [0.2, 0.25) is 0 Å². The van der Waals surface area contributed by atoms with Crippen LogP contribution in [0.5, 0.6) is 5.75 Å². The third-order valence-corrected chi connectivity index (χ3v) is 4.07. The summed E-state index contributed by atoms with van der Waals surface area (Å²) in [6.07, 6.45) is 1.40. The number of aliphatic hydroxyl groups is 2. The number of hydrogen-bond donors (Lipinski definition) is 4.